The molecule has 0 spiro atoms. The third-order valence-corrected chi connectivity index (χ3v) is 5.40. The highest BCUT2D eigenvalue weighted by atomic mass is 16.5. The van der Waals surface area contributed by atoms with Crippen LogP contribution in [-0.2, 0) is 4.74 Å². The minimum absolute atomic E-state index is 0.00634. The van der Waals surface area contributed by atoms with Crippen LogP contribution in [-0.4, -0.2) is 59.1 Å². The van der Waals surface area contributed by atoms with Gasteiger partial charge >= 0.3 is 0 Å². The number of hydrogen-bond donors (Lipinski definition) is 2. The Morgan fingerprint density at radius 2 is 2.04 bits per heavy atom. The SMILES string of the molecule is CN1C=C(N2CCOCC2)C=C(c2n[nH]c3ccc(OC4(C)CC4)cc23)N1. The Morgan fingerprint density at radius 1 is 1.22 bits per heavy atom. The van der Waals surface area contributed by atoms with Gasteiger partial charge in [0.05, 0.1) is 30.1 Å². The maximum atomic E-state index is 6.14. The van der Waals surface area contributed by atoms with E-state index in [-0.39, 0.29) is 5.60 Å². The second-order valence-electron chi connectivity index (χ2n) is 7.77. The van der Waals surface area contributed by atoms with Crippen molar-refractivity contribution in [2.45, 2.75) is 25.4 Å². The van der Waals surface area contributed by atoms with Crippen LogP contribution in [0.4, 0.5) is 0 Å². The molecule has 142 valence electrons. The summed E-state index contributed by atoms with van der Waals surface area (Å²) in [6, 6.07) is 6.15. The minimum Gasteiger partial charge on any atom is -0.488 e. The van der Waals surface area contributed by atoms with Gasteiger partial charge in [0.25, 0.3) is 0 Å². The second kappa shape index (κ2) is 6.20. The van der Waals surface area contributed by atoms with E-state index in [2.05, 4.69) is 45.8 Å². The molecule has 7 heteroatoms. The van der Waals surface area contributed by atoms with E-state index in [0.717, 1.165) is 67.2 Å². The highest BCUT2D eigenvalue weighted by molar-refractivity contribution is 5.91. The van der Waals surface area contributed by atoms with E-state index >= 15 is 0 Å². The number of hydrogen-bond acceptors (Lipinski definition) is 6. The van der Waals surface area contributed by atoms with E-state index in [4.69, 9.17) is 9.47 Å². The van der Waals surface area contributed by atoms with E-state index < -0.39 is 0 Å². The van der Waals surface area contributed by atoms with Gasteiger partial charge in [-0.3, -0.25) is 15.5 Å². The lowest BCUT2D eigenvalue weighted by atomic mass is 10.1. The molecule has 2 aromatic rings. The zero-order valence-electron chi connectivity index (χ0n) is 15.8. The van der Waals surface area contributed by atoms with Gasteiger partial charge in [-0.25, -0.2) is 0 Å². The Bertz CT molecular complexity index is 922. The Balaban J connectivity index is 1.49. The van der Waals surface area contributed by atoms with Crippen molar-refractivity contribution in [3.05, 3.63) is 41.9 Å². The molecular weight excluding hydrogens is 342 g/mol. The van der Waals surface area contributed by atoms with E-state index in [0.29, 0.717) is 0 Å². The fourth-order valence-electron chi connectivity index (χ4n) is 3.58. The second-order valence-corrected chi connectivity index (χ2v) is 7.77. The molecule has 0 atom stereocenters. The van der Waals surface area contributed by atoms with E-state index in [9.17, 15) is 0 Å². The van der Waals surface area contributed by atoms with Crippen molar-refractivity contribution in [1.82, 2.24) is 25.5 Å². The first-order valence-corrected chi connectivity index (χ1v) is 9.53. The zero-order valence-corrected chi connectivity index (χ0v) is 15.8. The smallest absolute Gasteiger partial charge is 0.120 e. The molecule has 0 unspecified atom stereocenters. The van der Waals surface area contributed by atoms with Gasteiger partial charge in [-0.1, -0.05) is 0 Å². The molecular formula is C20H25N5O2. The molecule has 0 bridgehead atoms. The third-order valence-electron chi connectivity index (χ3n) is 5.40. The van der Waals surface area contributed by atoms with E-state index in [1.165, 1.54) is 5.70 Å². The Kier molecular flexibility index (Phi) is 3.79. The molecule has 1 aliphatic carbocycles. The number of aromatic nitrogens is 2. The topological polar surface area (TPSA) is 65.7 Å². The van der Waals surface area contributed by atoms with Crippen molar-refractivity contribution in [3.8, 4) is 5.75 Å². The van der Waals surface area contributed by atoms with Crippen molar-refractivity contribution in [1.29, 1.82) is 0 Å². The molecule has 1 saturated carbocycles. The minimum atomic E-state index is 0.00634. The summed E-state index contributed by atoms with van der Waals surface area (Å²) in [5.74, 6) is 0.902. The maximum Gasteiger partial charge on any atom is 0.120 e. The van der Waals surface area contributed by atoms with Crippen LogP contribution in [0.5, 0.6) is 5.75 Å². The number of allylic oxidation sites excluding steroid dienone is 1. The van der Waals surface area contributed by atoms with Crippen molar-refractivity contribution in [2.75, 3.05) is 33.4 Å². The van der Waals surface area contributed by atoms with Gasteiger partial charge in [-0.15, -0.1) is 0 Å². The van der Waals surface area contributed by atoms with Crippen LogP contribution in [0.3, 0.4) is 0 Å². The molecule has 1 saturated heterocycles. The number of rotatable bonds is 4. The average Bonchev–Trinajstić information content (AvgIpc) is 3.25. The molecule has 2 N–H and O–H groups in total. The summed E-state index contributed by atoms with van der Waals surface area (Å²) in [5, 5.41) is 10.8. The van der Waals surface area contributed by atoms with Gasteiger partial charge in [0, 0.05) is 31.7 Å². The Hall–Kier alpha value is -2.67. The van der Waals surface area contributed by atoms with Gasteiger partial charge in [0.2, 0.25) is 0 Å². The van der Waals surface area contributed by atoms with Crippen LogP contribution in [0, 0.1) is 0 Å². The van der Waals surface area contributed by atoms with Crippen molar-refractivity contribution in [2.24, 2.45) is 0 Å². The first-order chi connectivity index (χ1) is 13.1. The lowest BCUT2D eigenvalue weighted by molar-refractivity contribution is 0.0542. The van der Waals surface area contributed by atoms with Gasteiger partial charge in [0.15, 0.2) is 0 Å². The quantitative estimate of drug-likeness (QED) is 0.865. The number of benzene rings is 1. The van der Waals surface area contributed by atoms with Crippen LogP contribution in [0.25, 0.3) is 16.6 Å². The first-order valence-electron chi connectivity index (χ1n) is 9.53. The molecule has 0 amide bonds. The Morgan fingerprint density at radius 3 is 2.81 bits per heavy atom. The molecule has 1 aromatic heterocycles. The number of ether oxygens (including phenoxy) is 2. The largest absolute Gasteiger partial charge is 0.488 e. The number of nitrogens with zero attached hydrogens (tertiary/aromatic N) is 3. The summed E-state index contributed by atoms with van der Waals surface area (Å²) in [4.78, 5) is 2.35. The van der Waals surface area contributed by atoms with Gasteiger partial charge in [0.1, 0.15) is 17.0 Å². The summed E-state index contributed by atoms with van der Waals surface area (Å²) >= 11 is 0. The van der Waals surface area contributed by atoms with Crippen LogP contribution in [0.1, 0.15) is 25.5 Å². The standard InChI is InChI=1S/C20H25N5O2/c1-20(5-6-20)27-15-3-4-17-16(12-15)19(22-21-17)18-11-14(13-24(2)23-18)25-7-9-26-10-8-25/h3-4,11-13,23H,5-10H2,1-2H3,(H,21,22). The fraction of sp³-hybridized carbons (Fsp3) is 0.450. The number of morpholine rings is 1. The van der Waals surface area contributed by atoms with Crippen molar-refractivity contribution >= 4 is 16.6 Å². The predicted octanol–water partition coefficient (Wildman–Crippen LogP) is 2.46. The highest BCUT2D eigenvalue weighted by Crippen LogP contribution is 2.40. The molecule has 3 aliphatic rings. The van der Waals surface area contributed by atoms with Gasteiger partial charge < -0.3 is 14.4 Å². The lowest BCUT2D eigenvalue weighted by Gasteiger charge is -2.34. The van der Waals surface area contributed by atoms with E-state index in [1.54, 1.807) is 0 Å². The van der Waals surface area contributed by atoms with Crippen LogP contribution in [0.2, 0.25) is 0 Å². The number of fused-ring (bicyclic) bond motifs is 1. The number of H-pyrrole nitrogens is 1. The van der Waals surface area contributed by atoms with Crippen LogP contribution in [0.15, 0.2) is 36.2 Å². The maximum absolute atomic E-state index is 6.14. The average molecular weight is 367 g/mol. The summed E-state index contributed by atoms with van der Waals surface area (Å²) in [7, 11) is 2.00. The van der Waals surface area contributed by atoms with Gasteiger partial charge in [-0.2, -0.15) is 5.10 Å². The summed E-state index contributed by atoms with van der Waals surface area (Å²) in [6.45, 7) is 5.50. The van der Waals surface area contributed by atoms with Crippen LogP contribution >= 0.6 is 0 Å². The van der Waals surface area contributed by atoms with Gasteiger partial charge in [-0.05, 0) is 44.0 Å². The zero-order chi connectivity index (χ0) is 18.4. The lowest BCUT2D eigenvalue weighted by Crippen LogP contribution is -2.39. The first kappa shape index (κ1) is 16.5. The molecule has 5 rings (SSSR count). The molecule has 7 nitrogen and oxygen atoms in total. The number of aromatic amines is 1. The molecule has 2 fully saturated rings. The monoisotopic (exact) mass is 367 g/mol. The molecule has 3 heterocycles. The van der Waals surface area contributed by atoms with Crippen molar-refractivity contribution in [3.63, 3.8) is 0 Å². The molecule has 0 radical (unpaired) electrons. The fourth-order valence-corrected chi connectivity index (χ4v) is 3.58. The third kappa shape index (κ3) is 3.23. The molecule has 2 aliphatic heterocycles. The normalized spacial score (nSPS) is 21.6. The number of hydrazine groups is 1. The molecule has 1 aromatic carbocycles. The summed E-state index contributed by atoms with van der Waals surface area (Å²) < 4.78 is 11.6. The van der Waals surface area contributed by atoms with Crippen molar-refractivity contribution < 1.29 is 9.47 Å². The van der Waals surface area contributed by atoms with E-state index in [1.807, 2.05) is 24.2 Å². The highest BCUT2D eigenvalue weighted by Gasteiger charge is 2.40. The summed E-state index contributed by atoms with van der Waals surface area (Å²) in [6.07, 6.45) is 6.51. The molecule has 27 heavy (non-hydrogen) atoms. The predicted molar refractivity (Wildman–Crippen MR) is 104 cm³/mol. The number of nitrogens with one attached hydrogen (secondary N) is 2. The van der Waals surface area contributed by atoms with Crippen LogP contribution < -0.4 is 10.2 Å². The Labute approximate surface area is 158 Å². The summed E-state index contributed by atoms with van der Waals surface area (Å²) in [5.41, 5.74) is 7.46.